The average molecular weight is 531 g/mol. The third-order valence-corrected chi connectivity index (χ3v) is 9.89. The van der Waals surface area contributed by atoms with Crippen molar-refractivity contribution in [2.75, 3.05) is 9.80 Å². The molecule has 7 nitrogen and oxygen atoms in total. The van der Waals surface area contributed by atoms with Gasteiger partial charge in [0.25, 0.3) is 0 Å². The number of benzene rings is 2. The van der Waals surface area contributed by atoms with Gasteiger partial charge in [-0.15, -0.1) is 0 Å². The van der Waals surface area contributed by atoms with Crippen LogP contribution in [0.5, 0.6) is 0 Å². The monoisotopic (exact) mass is 530 g/mol. The Bertz CT molecular complexity index is 1570. The van der Waals surface area contributed by atoms with E-state index < -0.39 is 0 Å². The number of rotatable bonds is 5. The molecule has 4 aliphatic carbocycles. The second kappa shape index (κ2) is 8.31. The Morgan fingerprint density at radius 2 is 1.07 bits per heavy atom. The van der Waals surface area contributed by atoms with Crippen LogP contribution in [0.15, 0.2) is 78.9 Å². The first-order chi connectivity index (χ1) is 19.4. The van der Waals surface area contributed by atoms with Crippen molar-refractivity contribution in [2.24, 2.45) is 47.3 Å². The van der Waals surface area contributed by atoms with Crippen LogP contribution in [-0.4, -0.2) is 29.4 Å². The van der Waals surface area contributed by atoms with Crippen molar-refractivity contribution in [3.8, 4) is 0 Å². The van der Waals surface area contributed by atoms with Crippen LogP contribution < -0.4 is 9.80 Å². The fraction of sp³-hybridized carbons (Fsp3) is 0.303. The summed E-state index contributed by atoms with van der Waals surface area (Å²) in [6.07, 6.45) is 13.1. The summed E-state index contributed by atoms with van der Waals surface area (Å²) in [6, 6.07) is 13.7. The molecule has 2 heterocycles. The van der Waals surface area contributed by atoms with Crippen molar-refractivity contribution in [1.29, 1.82) is 0 Å². The topological polar surface area (TPSA) is 91.8 Å². The van der Waals surface area contributed by atoms with Crippen LogP contribution in [0.1, 0.15) is 28.8 Å². The maximum atomic E-state index is 13.2. The maximum Gasteiger partial charge on any atom is 0.238 e. The van der Waals surface area contributed by atoms with Gasteiger partial charge in [-0.1, -0.05) is 54.6 Å². The molecule has 7 heteroatoms. The Kier molecular flexibility index (Phi) is 4.88. The van der Waals surface area contributed by atoms with E-state index in [2.05, 4.69) is 24.3 Å². The molecule has 2 saturated heterocycles. The molecule has 198 valence electrons. The van der Waals surface area contributed by atoms with Gasteiger partial charge in [0, 0.05) is 5.56 Å². The van der Waals surface area contributed by atoms with Gasteiger partial charge in [-0.3, -0.25) is 24.0 Å². The molecule has 4 amide bonds. The van der Waals surface area contributed by atoms with Crippen LogP contribution in [0.4, 0.5) is 11.4 Å². The summed E-state index contributed by atoms with van der Waals surface area (Å²) in [5.41, 5.74) is 1.98. The number of hydrogen-bond acceptors (Lipinski definition) is 5. The molecule has 0 aromatic heterocycles. The summed E-state index contributed by atoms with van der Waals surface area (Å²) >= 11 is 0. The molecule has 2 aromatic carbocycles. The van der Waals surface area contributed by atoms with Gasteiger partial charge in [0.1, 0.15) is 0 Å². The molecule has 0 radical (unpaired) electrons. The Balaban J connectivity index is 1.01. The second-order valence-corrected chi connectivity index (χ2v) is 11.9. The third-order valence-electron chi connectivity index (χ3n) is 9.89. The molecular formula is C33H26N2O5. The Morgan fingerprint density at radius 1 is 0.625 bits per heavy atom. The molecule has 0 unspecified atom stereocenters. The first-order valence-electron chi connectivity index (χ1n) is 14.0. The number of carbonyl (C=O) groups is 5. The van der Waals surface area contributed by atoms with Gasteiger partial charge in [0.2, 0.25) is 23.6 Å². The van der Waals surface area contributed by atoms with Gasteiger partial charge in [-0.25, -0.2) is 9.80 Å². The highest BCUT2D eigenvalue weighted by atomic mass is 16.2. The van der Waals surface area contributed by atoms with Crippen molar-refractivity contribution >= 4 is 46.9 Å². The lowest BCUT2D eigenvalue weighted by atomic mass is 9.85. The average Bonchev–Trinajstić information content (AvgIpc) is 3.80. The Hall–Kier alpha value is -4.39. The minimum Gasteiger partial charge on any atom is -0.289 e. The molecular weight excluding hydrogens is 504 g/mol. The summed E-state index contributed by atoms with van der Waals surface area (Å²) < 4.78 is 0. The van der Waals surface area contributed by atoms with Crippen molar-refractivity contribution in [3.05, 3.63) is 90.0 Å². The number of ketones is 1. The standard InChI is InChI=1S/C33H26N2O5/c36-25(18-4-2-6-24(16-18)35-32(39)28-21-10-11-22(15-21)29(28)33(35)40)12-7-17-3-1-5-23(13-17)34-30(37)26-19-8-9-20(14-19)27(26)31(34)38/h1-13,16,19-22,26-29H,14-15H2/b12-7+/t19-,20-,21-,22-,26-,27+,28-,29+/m0/s1. The van der Waals surface area contributed by atoms with Crippen LogP contribution in [0.2, 0.25) is 0 Å². The second-order valence-electron chi connectivity index (χ2n) is 11.9. The highest BCUT2D eigenvalue weighted by molar-refractivity contribution is 6.24. The first-order valence-corrected chi connectivity index (χ1v) is 14.0. The van der Waals surface area contributed by atoms with Crippen molar-refractivity contribution in [1.82, 2.24) is 0 Å². The predicted octanol–water partition coefficient (Wildman–Crippen LogP) is 4.21. The Morgan fingerprint density at radius 3 is 1.57 bits per heavy atom. The number of anilines is 2. The Labute approximate surface area is 230 Å². The number of allylic oxidation sites excluding steroid dienone is 5. The van der Waals surface area contributed by atoms with E-state index in [-0.39, 0.29) is 76.8 Å². The van der Waals surface area contributed by atoms with Gasteiger partial charge < -0.3 is 0 Å². The quantitative estimate of drug-likeness (QED) is 0.250. The zero-order valence-corrected chi connectivity index (χ0v) is 21.6. The van der Waals surface area contributed by atoms with Crippen molar-refractivity contribution in [3.63, 3.8) is 0 Å². The normalized spacial score (nSPS) is 34.7. The van der Waals surface area contributed by atoms with E-state index in [0.29, 0.717) is 22.5 Å². The number of nitrogens with zero attached hydrogens (tertiary/aromatic N) is 2. The van der Waals surface area contributed by atoms with Gasteiger partial charge in [0.15, 0.2) is 5.78 Å². The lowest BCUT2D eigenvalue weighted by molar-refractivity contribution is -0.124. The van der Waals surface area contributed by atoms with Gasteiger partial charge >= 0.3 is 0 Å². The van der Waals surface area contributed by atoms with Crippen molar-refractivity contribution < 1.29 is 24.0 Å². The molecule has 4 fully saturated rings. The molecule has 0 N–H and O–H groups in total. The van der Waals surface area contributed by atoms with Crippen LogP contribution in [0, 0.1) is 47.3 Å². The summed E-state index contributed by atoms with van der Waals surface area (Å²) in [5, 5.41) is 0. The number of carbonyl (C=O) groups excluding carboxylic acids is 5. The molecule has 2 aromatic rings. The molecule has 2 saturated carbocycles. The maximum absolute atomic E-state index is 13.2. The number of amides is 4. The summed E-state index contributed by atoms with van der Waals surface area (Å²) in [6.45, 7) is 0. The largest absolute Gasteiger partial charge is 0.289 e. The number of fused-ring (bicyclic) bond motifs is 10. The van der Waals surface area contributed by atoms with E-state index in [4.69, 9.17) is 0 Å². The minimum absolute atomic E-state index is 0.123. The molecule has 40 heavy (non-hydrogen) atoms. The van der Waals surface area contributed by atoms with E-state index in [0.717, 1.165) is 12.8 Å². The first kappa shape index (κ1) is 23.5. The summed E-state index contributed by atoms with van der Waals surface area (Å²) in [7, 11) is 0. The van der Waals surface area contributed by atoms with Crippen LogP contribution in [0.3, 0.4) is 0 Å². The smallest absolute Gasteiger partial charge is 0.238 e. The highest BCUT2D eigenvalue weighted by Crippen LogP contribution is 2.54. The van der Waals surface area contributed by atoms with E-state index in [1.54, 1.807) is 48.5 Å². The zero-order valence-electron chi connectivity index (χ0n) is 21.6. The number of imide groups is 2. The van der Waals surface area contributed by atoms with Gasteiger partial charge in [-0.05, 0) is 72.4 Å². The minimum atomic E-state index is -0.297. The molecule has 6 aliphatic rings. The van der Waals surface area contributed by atoms with Crippen LogP contribution >= 0.6 is 0 Å². The third kappa shape index (κ3) is 3.14. The van der Waals surface area contributed by atoms with Gasteiger partial charge in [-0.2, -0.15) is 0 Å². The SMILES string of the molecule is O=C(/C=C/c1cccc(N2C(=O)[C@@H]3[C@H](C2=O)[C@H]2C=C[C@H]3C2)c1)c1cccc(N2C(=O)[C@@H]3[C@H](C2=O)[C@H]2C=C[C@H]3C2)c1. The molecule has 2 aliphatic heterocycles. The summed E-state index contributed by atoms with van der Waals surface area (Å²) in [5.74, 6) is -1.51. The van der Waals surface area contributed by atoms with Crippen LogP contribution in [-0.2, 0) is 19.2 Å². The molecule has 0 spiro atoms. The fourth-order valence-corrected chi connectivity index (χ4v) is 8.15. The van der Waals surface area contributed by atoms with E-state index in [1.165, 1.54) is 15.9 Å². The van der Waals surface area contributed by atoms with Crippen molar-refractivity contribution in [2.45, 2.75) is 12.8 Å². The molecule has 4 bridgehead atoms. The van der Waals surface area contributed by atoms with E-state index >= 15 is 0 Å². The van der Waals surface area contributed by atoms with Gasteiger partial charge in [0.05, 0.1) is 35.0 Å². The molecule has 8 atom stereocenters. The van der Waals surface area contributed by atoms with E-state index in [9.17, 15) is 24.0 Å². The number of hydrogen-bond donors (Lipinski definition) is 0. The zero-order chi connectivity index (χ0) is 27.3. The lowest BCUT2D eigenvalue weighted by Crippen LogP contribution is -2.32. The predicted molar refractivity (Wildman–Crippen MR) is 147 cm³/mol. The fourth-order valence-electron chi connectivity index (χ4n) is 8.15. The van der Waals surface area contributed by atoms with Crippen LogP contribution in [0.25, 0.3) is 6.08 Å². The highest BCUT2D eigenvalue weighted by Gasteiger charge is 2.60. The lowest BCUT2D eigenvalue weighted by Gasteiger charge is -2.18. The van der Waals surface area contributed by atoms with E-state index in [1.807, 2.05) is 6.07 Å². The molecule has 8 rings (SSSR count). The summed E-state index contributed by atoms with van der Waals surface area (Å²) in [4.78, 5) is 68.4.